The molecule has 0 aliphatic carbocycles. The number of carbonyl (C=O) groups excluding carboxylic acids is 2. The number of amides is 2. The van der Waals surface area contributed by atoms with Gasteiger partial charge in [0.1, 0.15) is 6.04 Å². The molecule has 0 aliphatic rings. The van der Waals surface area contributed by atoms with Gasteiger partial charge in [0.05, 0.1) is 0 Å². The Bertz CT molecular complexity index is 998. The first kappa shape index (κ1) is 21.8. The van der Waals surface area contributed by atoms with E-state index in [0.29, 0.717) is 12.0 Å². The van der Waals surface area contributed by atoms with Crippen LogP contribution in [0, 0.1) is 17.4 Å². The van der Waals surface area contributed by atoms with Crippen molar-refractivity contribution in [2.75, 3.05) is 7.05 Å². The normalized spacial score (nSPS) is 11.7. The van der Waals surface area contributed by atoms with Gasteiger partial charge < -0.3 is 5.32 Å². The first-order chi connectivity index (χ1) is 14.4. The van der Waals surface area contributed by atoms with Crippen LogP contribution in [0.1, 0.15) is 30.6 Å². The smallest absolute Gasteiger partial charge is 0.257 e. The van der Waals surface area contributed by atoms with E-state index < -0.39 is 11.9 Å². The second kappa shape index (κ2) is 9.70. The Morgan fingerprint density at radius 2 is 1.60 bits per heavy atom. The molecule has 1 aromatic carbocycles. The van der Waals surface area contributed by atoms with Gasteiger partial charge in [-0.25, -0.2) is 0 Å². The monoisotopic (exact) mass is 437 g/mol. The first-order valence-corrected chi connectivity index (χ1v) is 11.5. The highest BCUT2D eigenvalue weighted by atomic mass is 32.1. The van der Waals surface area contributed by atoms with Gasteiger partial charge in [-0.15, -0.1) is 0 Å². The molecule has 0 aliphatic heterocycles. The van der Waals surface area contributed by atoms with Gasteiger partial charge in [-0.2, -0.15) is 27.9 Å². The second-order valence-corrected chi connectivity index (χ2v) is 9.04. The quantitative estimate of drug-likeness (QED) is 0.406. The highest BCUT2D eigenvalue weighted by molar-refractivity contribution is 7.08. The van der Waals surface area contributed by atoms with Crippen molar-refractivity contribution < 1.29 is 9.59 Å². The minimum Gasteiger partial charge on any atom is -0.340 e. The molecule has 2 amide bonds. The van der Waals surface area contributed by atoms with Gasteiger partial charge in [0.25, 0.3) is 11.8 Å². The number of thiophene rings is 2. The molecule has 0 unspecified atom stereocenters. The van der Waals surface area contributed by atoms with Crippen molar-refractivity contribution >= 4 is 34.5 Å². The number of rotatable bonds is 7. The fourth-order valence-electron chi connectivity index (χ4n) is 3.17. The molecule has 2 aromatic heterocycles. The van der Waals surface area contributed by atoms with E-state index in [9.17, 15) is 9.59 Å². The van der Waals surface area contributed by atoms with Crippen molar-refractivity contribution in [2.24, 2.45) is 5.92 Å². The zero-order valence-corrected chi connectivity index (χ0v) is 18.7. The minimum absolute atomic E-state index is 0.185. The van der Waals surface area contributed by atoms with Crippen LogP contribution in [0.3, 0.4) is 0 Å². The zero-order chi connectivity index (χ0) is 21.7. The van der Waals surface area contributed by atoms with Crippen molar-refractivity contribution in [3.05, 3.63) is 57.4 Å². The summed E-state index contributed by atoms with van der Waals surface area (Å²) < 4.78 is 0. The van der Waals surface area contributed by atoms with E-state index in [4.69, 9.17) is 5.26 Å². The summed E-state index contributed by atoms with van der Waals surface area (Å²) in [6.45, 7) is 3.95. The molecule has 0 saturated heterocycles. The van der Waals surface area contributed by atoms with Crippen LogP contribution in [0.15, 0.2) is 51.9 Å². The van der Waals surface area contributed by atoms with Gasteiger partial charge in [-0.3, -0.25) is 14.5 Å². The maximum atomic E-state index is 13.1. The highest BCUT2D eigenvalue weighted by Crippen LogP contribution is 2.30. The third kappa shape index (κ3) is 5.15. The fraction of sp³-hybridized carbons (Fsp3) is 0.261. The van der Waals surface area contributed by atoms with Crippen LogP contribution >= 0.6 is 22.7 Å². The van der Waals surface area contributed by atoms with E-state index in [1.165, 1.54) is 7.05 Å². The van der Waals surface area contributed by atoms with Crippen LogP contribution in [0.2, 0.25) is 0 Å². The van der Waals surface area contributed by atoms with Gasteiger partial charge in [0.2, 0.25) is 0 Å². The lowest BCUT2D eigenvalue weighted by Gasteiger charge is -2.22. The number of likely N-dealkylation sites (N-methyl/N-ethyl adjacent to an activating group) is 1. The summed E-state index contributed by atoms with van der Waals surface area (Å²) in [6, 6.07) is 9.05. The van der Waals surface area contributed by atoms with Crippen molar-refractivity contribution in [3.8, 4) is 28.4 Å². The lowest BCUT2D eigenvalue weighted by Crippen LogP contribution is -2.46. The fourth-order valence-corrected chi connectivity index (χ4v) is 4.50. The Kier molecular flexibility index (Phi) is 7.03. The van der Waals surface area contributed by atoms with Gasteiger partial charge in [-0.05, 0) is 86.4 Å². The molecular weight excluding hydrogens is 414 g/mol. The van der Waals surface area contributed by atoms with Crippen molar-refractivity contribution in [2.45, 2.75) is 26.3 Å². The summed E-state index contributed by atoms with van der Waals surface area (Å²) in [7, 11) is 1.41. The Morgan fingerprint density at radius 3 is 2.03 bits per heavy atom. The molecule has 1 N–H and O–H groups in total. The average molecular weight is 438 g/mol. The van der Waals surface area contributed by atoms with E-state index >= 15 is 0 Å². The number of hydrogen-bond donors (Lipinski definition) is 1. The number of benzene rings is 1. The second-order valence-electron chi connectivity index (χ2n) is 7.48. The molecule has 5 nitrogen and oxygen atoms in total. The molecule has 154 valence electrons. The Balaban J connectivity index is 1.95. The van der Waals surface area contributed by atoms with E-state index in [-0.39, 0.29) is 11.8 Å². The summed E-state index contributed by atoms with van der Waals surface area (Å²) in [5.41, 5.74) is 4.48. The predicted molar refractivity (Wildman–Crippen MR) is 122 cm³/mol. The van der Waals surface area contributed by atoms with Gasteiger partial charge in [0.15, 0.2) is 6.19 Å². The molecule has 0 bridgehead atoms. The number of hydrogen-bond acceptors (Lipinski definition) is 5. The van der Waals surface area contributed by atoms with Gasteiger partial charge in [0, 0.05) is 12.6 Å². The van der Waals surface area contributed by atoms with Crippen LogP contribution in [0.4, 0.5) is 0 Å². The number of nitriles is 1. The number of nitrogens with zero attached hydrogens (tertiary/aromatic N) is 2. The van der Waals surface area contributed by atoms with Gasteiger partial charge >= 0.3 is 0 Å². The highest BCUT2D eigenvalue weighted by Gasteiger charge is 2.26. The molecule has 2 heterocycles. The summed E-state index contributed by atoms with van der Waals surface area (Å²) in [5.74, 6) is -0.551. The molecule has 0 radical (unpaired) electrons. The Morgan fingerprint density at radius 1 is 1.03 bits per heavy atom. The lowest BCUT2D eigenvalue weighted by molar-refractivity contribution is -0.129. The summed E-state index contributed by atoms with van der Waals surface area (Å²) in [5, 5.41) is 20.0. The van der Waals surface area contributed by atoms with Crippen LogP contribution < -0.4 is 5.32 Å². The van der Waals surface area contributed by atoms with Crippen molar-refractivity contribution in [3.63, 3.8) is 0 Å². The van der Waals surface area contributed by atoms with E-state index in [1.807, 2.05) is 65.8 Å². The van der Waals surface area contributed by atoms with Gasteiger partial charge in [-0.1, -0.05) is 13.8 Å². The SMILES string of the molecule is CC(C)C[C@H](NC(=O)c1cc(-c2ccsc2)cc(-c2ccsc2)c1)C(=O)N(C)C#N. The standard InChI is InChI=1S/C23H23N3O2S2/c1-15(2)8-21(23(28)26(3)14-24)25-22(27)20-10-18(16-4-6-29-12-16)9-19(11-20)17-5-7-30-13-17/h4-7,9-13,15,21H,8H2,1-3H3,(H,25,27)/t21-/m0/s1. The summed E-state index contributed by atoms with van der Waals surface area (Å²) >= 11 is 3.20. The molecular formula is C23H23N3O2S2. The van der Waals surface area contributed by atoms with Crippen LogP contribution in [0.25, 0.3) is 22.3 Å². The lowest BCUT2D eigenvalue weighted by atomic mass is 9.97. The molecule has 0 spiro atoms. The molecule has 30 heavy (non-hydrogen) atoms. The Hall–Kier alpha value is -2.95. The number of carbonyl (C=O) groups is 2. The van der Waals surface area contributed by atoms with Crippen LogP contribution in [-0.2, 0) is 4.79 Å². The molecule has 7 heteroatoms. The average Bonchev–Trinajstić information content (AvgIpc) is 3.45. The first-order valence-electron chi connectivity index (χ1n) is 9.57. The maximum Gasteiger partial charge on any atom is 0.257 e. The third-order valence-corrected chi connectivity index (χ3v) is 6.06. The third-order valence-electron chi connectivity index (χ3n) is 4.70. The molecule has 3 aromatic rings. The van der Waals surface area contributed by atoms with Crippen LogP contribution in [0.5, 0.6) is 0 Å². The largest absolute Gasteiger partial charge is 0.340 e. The van der Waals surface area contributed by atoms with Crippen molar-refractivity contribution in [1.82, 2.24) is 10.2 Å². The summed E-state index contributed by atoms with van der Waals surface area (Å²) in [6.07, 6.45) is 2.28. The predicted octanol–water partition coefficient (Wildman–Crippen LogP) is 5.23. The zero-order valence-electron chi connectivity index (χ0n) is 17.1. The maximum absolute atomic E-state index is 13.1. The van der Waals surface area contributed by atoms with E-state index in [0.717, 1.165) is 27.2 Å². The van der Waals surface area contributed by atoms with E-state index in [1.54, 1.807) is 22.7 Å². The molecule has 0 saturated carbocycles. The van der Waals surface area contributed by atoms with Crippen LogP contribution in [-0.4, -0.2) is 29.8 Å². The molecule has 1 atom stereocenters. The number of nitrogens with one attached hydrogen (secondary N) is 1. The Labute approximate surface area is 184 Å². The molecule has 3 rings (SSSR count). The summed E-state index contributed by atoms with van der Waals surface area (Å²) in [4.78, 5) is 26.7. The van der Waals surface area contributed by atoms with E-state index in [2.05, 4.69) is 11.4 Å². The minimum atomic E-state index is -0.753. The molecule has 0 fully saturated rings. The topological polar surface area (TPSA) is 73.2 Å². The van der Waals surface area contributed by atoms with Crippen molar-refractivity contribution in [1.29, 1.82) is 5.26 Å².